The van der Waals surface area contributed by atoms with Crippen LogP contribution in [0.1, 0.15) is 32.4 Å². The van der Waals surface area contributed by atoms with Gasteiger partial charge in [-0.1, -0.05) is 30.0 Å². The molecule has 3 N–H and O–H groups in total. The summed E-state index contributed by atoms with van der Waals surface area (Å²) in [5, 5.41) is 10.4. The van der Waals surface area contributed by atoms with Crippen LogP contribution < -0.4 is 15.8 Å². The van der Waals surface area contributed by atoms with Crippen molar-refractivity contribution < 1.29 is 23.4 Å². The summed E-state index contributed by atoms with van der Waals surface area (Å²) in [6.45, 7) is 4.00. The minimum atomic E-state index is -0.992. The summed E-state index contributed by atoms with van der Waals surface area (Å²) in [5.41, 5.74) is 7.02. The number of halogens is 3. The van der Waals surface area contributed by atoms with Gasteiger partial charge in [0.1, 0.15) is 11.8 Å². The van der Waals surface area contributed by atoms with Crippen LogP contribution in [0.15, 0.2) is 42.5 Å². The number of hydrogen-bond acceptors (Lipinski definition) is 8. The molecule has 1 unspecified atom stereocenters. The van der Waals surface area contributed by atoms with Crippen LogP contribution in [0.2, 0.25) is 16.9 Å². The van der Waals surface area contributed by atoms with Gasteiger partial charge in [-0.25, -0.2) is 4.39 Å². The molecule has 4 rings (SSSR count). The molecule has 210 valence electrons. The number of hydrogen-bond donors (Lipinski definition) is 2. The molecule has 14 heteroatoms. The quantitative estimate of drug-likeness (QED) is 0.298. The van der Waals surface area contributed by atoms with Gasteiger partial charge in [-0.3, -0.25) is 9.59 Å². The van der Waals surface area contributed by atoms with Crippen LogP contribution in [0, 0.1) is 5.82 Å². The van der Waals surface area contributed by atoms with Crippen molar-refractivity contribution in [2.24, 2.45) is 0 Å². The predicted molar refractivity (Wildman–Crippen MR) is 153 cm³/mol. The van der Waals surface area contributed by atoms with Gasteiger partial charge in [-0.2, -0.15) is 0 Å². The van der Waals surface area contributed by atoms with Crippen molar-refractivity contribution in [2.75, 3.05) is 51.4 Å². The Kier molecular flexibility index (Phi) is 9.46. The number of nitrogens with zero attached hydrogens (tertiary/aromatic N) is 4. The van der Waals surface area contributed by atoms with E-state index < -0.39 is 24.6 Å². The number of amides is 2. The molecule has 0 bridgehead atoms. The van der Waals surface area contributed by atoms with Crippen LogP contribution in [0.5, 0.6) is 5.75 Å². The molecule has 3 aromatic rings. The van der Waals surface area contributed by atoms with Gasteiger partial charge in [0, 0.05) is 61.2 Å². The number of nitrogens with one attached hydrogen (secondary N) is 1. The van der Waals surface area contributed by atoms with Crippen LogP contribution in [0.4, 0.5) is 15.9 Å². The second kappa shape index (κ2) is 12.8. The van der Waals surface area contributed by atoms with Crippen LogP contribution in [-0.4, -0.2) is 79.1 Å². The molecular weight excluding hydrogens is 561 g/mol. The number of carbonyl (C=O) groups is 2. The van der Waals surface area contributed by atoms with Crippen molar-refractivity contribution in [3.63, 3.8) is 0 Å². The van der Waals surface area contributed by atoms with Crippen molar-refractivity contribution in [1.82, 2.24) is 20.0 Å². The Hall–Kier alpha value is -3.45. The fraction of sp³-hybridized carbons (Fsp3) is 0.308. The summed E-state index contributed by atoms with van der Waals surface area (Å²) < 4.78 is 25.7. The first kappa shape index (κ1) is 29.5. The molecule has 2 heterocycles. The molecule has 40 heavy (non-hydrogen) atoms. The zero-order valence-corrected chi connectivity index (χ0v) is 23.7. The van der Waals surface area contributed by atoms with E-state index in [4.69, 9.17) is 38.3 Å². The number of likely N-dealkylation sites (N-methyl/N-ethyl adjacent to an activating group) is 1. The zero-order chi connectivity index (χ0) is 29.0. The highest BCUT2D eigenvalue weighted by Gasteiger charge is 2.32. The minimum Gasteiger partial charge on any atom is -0.487 e. The van der Waals surface area contributed by atoms with Gasteiger partial charge in [0.2, 0.25) is 0 Å². The Balaban J connectivity index is 1.50. The van der Waals surface area contributed by atoms with Gasteiger partial charge in [0.05, 0.1) is 5.02 Å². The Bertz CT molecular complexity index is 1390. The fourth-order valence-electron chi connectivity index (χ4n) is 4.13. The Morgan fingerprint density at radius 1 is 1.10 bits per heavy atom. The lowest BCUT2D eigenvalue weighted by atomic mass is 9.62. The van der Waals surface area contributed by atoms with E-state index in [1.165, 1.54) is 19.2 Å². The highest BCUT2D eigenvalue weighted by atomic mass is 35.5. The first-order valence-electron chi connectivity index (χ1n) is 12.4. The number of nitrogen functional groups attached to an aromatic ring is 1. The lowest BCUT2D eigenvalue weighted by Crippen LogP contribution is -2.47. The molecule has 1 fully saturated rings. The smallest absolute Gasteiger partial charge is 0.338 e. The van der Waals surface area contributed by atoms with Gasteiger partial charge in [0.15, 0.2) is 17.3 Å². The third-order valence-corrected chi connectivity index (χ3v) is 7.33. The lowest BCUT2D eigenvalue weighted by molar-refractivity contribution is 0.0664. The number of nitrogens with two attached hydrogens (primary N) is 1. The van der Waals surface area contributed by atoms with Gasteiger partial charge in [0.25, 0.3) is 11.8 Å². The number of ether oxygens (including phenoxy) is 1. The summed E-state index contributed by atoms with van der Waals surface area (Å²) in [6, 6.07) is 9.38. The van der Waals surface area contributed by atoms with E-state index in [9.17, 15) is 14.0 Å². The summed E-state index contributed by atoms with van der Waals surface area (Å²) in [7, 11) is 3.47. The van der Waals surface area contributed by atoms with Crippen LogP contribution in [0.3, 0.4) is 0 Å². The van der Waals surface area contributed by atoms with E-state index in [1.54, 1.807) is 36.0 Å². The molecule has 1 atom stereocenters. The number of piperazine rings is 1. The van der Waals surface area contributed by atoms with Crippen LogP contribution in [-0.2, 0) is 4.65 Å². The van der Waals surface area contributed by atoms with Gasteiger partial charge in [-0.15, -0.1) is 10.2 Å². The average Bonchev–Trinajstić information content (AvgIpc) is 2.95. The first-order chi connectivity index (χ1) is 19.1. The third-order valence-electron chi connectivity index (χ3n) is 6.61. The number of aromatic nitrogens is 2. The monoisotopic (exact) mass is 588 g/mol. The average molecular weight is 589 g/mol. The molecule has 10 nitrogen and oxygen atoms in total. The van der Waals surface area contributed by atoms with Gasteiger partial charge in [-0.05, 0) is 43.4 Å². The molecule has 2 amide bonds. The minimum absolute atomic E-state index is 0.00133. The molecule has 1 aliphatic heterocycles. The molecule has 0 spiro atoms. The first-order valence-corrected chi connectivity index (χ1v) is 13.2. The summed E-state index contributed by atoms with van der Waals surface area (Å²) in [6.07, 6.45) is 0. The topological polar surface area (TPSA) is 123 Å². The second-order valence-electron chi connectivity index (χ2n) is 9.34. The molecular formula is C26H28BCl2FN6O4. The molecule has 0 aliphatic carbocycles. The summed E-state index contributed by atoms with van der Waals surface area (Å²) in [5.74, 6) is -1.45. The SMILES string of the molecule is COB(C)C(Oc1cc(C(=O)Nc2ccc(C(=O)N3CCN(C)CC3)cc2)nnc1N)c1c(Cl)ccc(F)c1Cl. The van der Waals surface area contributed by atoms with Crippen molar-refractivity contribution >= 4 is 53.4 Å². The molecule has 0 saturated carbocycles. The summed E-state index contributed by atoms with van der Waals surface area (Å²) in [4.78, 5) is 29.7. The standard InChI is InChI=1S/C26H28BCl2FN6O4/c1-27(39-3)23(21-17(28)8-9-18(30)22(21)29)40-20-14-19(33-34-24(20)31)25(37)32-16-6-4-15(5-7-16)26(38)36-12-10-35(2)11-13-36/h4-9,14,23H,10-13H2,1-3H3,(H2,31,34)(H,32,37). The van der Waals surface area contributed by atoms with E-state index in [-0.39, 0.29) is 38.8 Å². The van der Waals surface area contributed by atoms with E-state index in [0.29, 0.717) is 24.3 Å². The second-order valence-corrected chi connectivity index (χ2v) is 10.1. The number of rotatable bonds is 8. The maximum atomic E-state index is 14.3. The maximum Gasteiger partial charge on any atom is 0.338 e. The Morgan fingerprint density at radius 3 is 2.42 bits per heavy atom. The van der Waals surface area contributed by atoms with Gasteiger partial charge < -0.3 is 30.2 Å². The molecule has 1 aromatic heterocycles. The van der Waals surface area contributed by atoms with Crippen molar-refractivity contribution in [1.29, 1.82) is 0 Å². The number of benzene rings is 2. The van der Waals surface area contributed by atoms with Crippen molar-refractivity contribution in [2.45, 2.75) is 12.8 Å². The van der Waals surface area contributed by atoms with Crippen LogP contribution in [0.25, 0.3) is 0 Å². The zero-order valence-electron chi connectivity index (χ0n) is 22.2. The van der Waals surface area contributed by atoms with E-state index in [0.717, 1.165) is 19.2 Å². The van der Waals surface area contributed by atoms with Crippen molar-refractivity contribution in [3.05, 3.63) is 75.1 Å². The molecule has 0 radical (unpaired) electrons. The third kappa shape index (κ3) is 6.64. The summed E-state index contributed by atoms with van der Waals surface area (Å²) >= 11 is 12.5. The highest BCUT2D eigenvalue weighted by molar-refractivity contribution is 6.52. The fourth-order valence-corrected chi connectivity index (χ4v) is 4.71. The van der Waals surface area contributed by atoms with Crippen molar-refractivity contribution in [3.8, 4) is 5.75 Å². The number of anilines is 2. The Labute approximate surface area is 241 Å². The maximum absolute atomic E-state index is 14.3. The molecule has 1 aliphatic rings. The molecule has 2 aromatic carbocycles. The van der Waals surface area contributed by atoms with E-state index in [1.807, 2.05) is 7.05 Å². The normalized spacial score (nSPS) is 14.5. The largest absolute Gasteiger partial charge is 0.487 e. The van der Waals surface area contributed by atoms with E-state index in [2.05, 4.69) is 20.4 Å². The Morgan fingerprint density at radius 2 is 1.77 bits per heavy atom. The predicted octanol–water partition coefficient (Wildman–Crippen LogP) is 4.07. The van der Waals surface area contributed by atoms with E-state index >= 15 is 0 Å². The lowest BCUT2D eigenvalue weighted by Gasteiger charge is -2.32. The highest BCUT2D eigenvalue weighted by Crippen LogP contribution is 2.37. The molecule has 1 saturated heterocycles. The van der Waals surface area contributed by atoms with Gasteiger partial charge >= 0.3 is 6.92 Å². The number of carbonyl (C=O) groups excluding carboxylic acids is 2. The van der Waals surface area contributed by atoms with Crippen LogP contribution >= 0.6 is 23.2 Å².